The number of benzene rings is 1. The standard InChI is InChI=1S/C19H33NO2/c1-17(2,3)12-9-13(16(20)19(7,8)11-21)15(22)14(10-12)18(4,5)6/h9-10,16,21-22H,11,20H2,1-8H3/t16-/m0/s1. The summed E-state index contributed by atoms with van der Waals surface area (Å²) in [5, 5.41) is 20.4. The van der Waals surface area contributed by atoms with Crippen LogP contribution in [0.15, 0.2) is 12.1 Å². The molecule has 1 atom stereocenters. The van der Waals surface area contributed by atoms with Gasteiger partial charge < -0.3 is 15.9 Å². The Bertz CT molecular complexity index is 534. The number of rotatable bonds is 3. The van der Waals surface area contributed by atoms with Crippen LogP contribution in [0.3, 0.4) is 0 Å². The van der Waals surface area contributed by atoms with E-state index in [1.807, 2.05) is 19.9 Å². The number of hydrogen-bond acceptors (Lipinski definition) is 3. The van der Waals surface area contributed by atoms with Crippen LogP contribution in [0.5, 0.6) is 5.75 Å². The van der Waals surface area contributed by atoms with Gasteiger partial charge in [-0.1, -0.05) is 61.5 Å². The monoisotopic (exact) mass is 307 g/mol. The second-order valence-electron chi connectivity index (χ2n) is 9.09. The van der Waals surface area contributed by atoms with Gasteiger partial charge in [0.05, 0.1) is 0 Å². The minimum atomic E-state index is -0.497. The average molecular weight is 307 g/mol. The van der Waals surface area contributed by atoms with Crippen LogP contribution in [-0.2, 0) is 10.8 Å². The van der Waals surface area contributed by atoms with Crippen molar-refractivity contribution in [2.24, 2.45) is 11.1 Å². The topological polar surface area (TPSA) is 66.5 Å². The number of phenolic OH excluding ortho intramolecular Hbond substituents is 1. The molecule has 0 fully saturated rings. The van der Waals surface area contributed by atoms with Crippen LogP contribution in [0, 0.1) is 5.41 Å². The second-order valence-corrected chi connectivity index (χ2v) is 9.09. The maximum absolute atomic E-state index is 10.8. The van der Waals surface area contributed by atoms with Gasteiger partial charge in [-0.25, -0.2) is 0 Å². The number of aliphatic hydroxyl groups excluding tert-OH is 1. The summed E-state index contributed by atoms with van der Waals surface area (Å²) >= 11 is 0. The van der Waals surface area contributed by atoms with Gasteiger partial charge in [-0.2, -0.15) is 0 Å². The zero-order valence-corrected chi connectivity index (χ0v) is 15.4. The molecule has 0 aliphatic rings. The first-order valence-corrected chi connectivity index (χ1v) is 7.96. The Balaban J connectivity index is 3.64. The third-order valence-electron chi connectivity index (χ3n) is 4.40. The summed E-state index contributed by atoms with van der Waals surface area (Å²) in [6, 6.07) is 3.64. The molecule has 0 aliphatic carbocycles. The lowest BCUT2D eigenvalue weighted by Crippen LogP contribution is -2.33. The molecule has 0 spiro atoms. The van der Waals surface area contributed by atoms with E-state index < -0.39 is 11.5 Å². The molecule has 0 aliphatic heterocycles. The van der Waals surface area contributed by atoms with E-state index in [-0.39, 0.29) is 23.2 Å². The molecule has 0 saturated carbocycles. The Labute approximate surface area is 135 Å². The maximum atomic E-state index is 10.8. The number of phenols is 1. The van der Waals surface area contributed by atoms with E-state index >= 15 is 0 Å². The van der Waals surface area contributed by atoms with Crippen LogP contribution in [0.1, 0.15) is 78.1 Å². The van der Waals surface area contributed by atoms with Crippen LogP contribution >= 0.6 is 0 Å². The molecule has 3 heteroatoms. The van der Waals surface area contributed by atoms with Gasteiger partial charge in [-0.3, -0.25) is 0 Å². The third kappa shape index (κ3) is 3.82. The highest BCUT2D eigenvalue weighted by atomic mass is 16.3. The van der Waals surface area contributed by atoms with Crippen molar-refractivity contribution in [3.8, 4) is 5.75 Å². The molecule has 1 rings (SSSR count). The summed E-state index contributed by atoms with van der Waals surface area (Å²) < 4.78 is 0. The van der Waals surface area contributed by atoms with Crippen LogP contribution in [0.4, 0.5) is 0 Å². The van der Waals surface area contributed by atoms with Gasteiger partial charge in [0.2, 0.25) is 0 Å². The van der Waals surface area contributed by atoms with E-state index in [1.54, 1.807) is 0 Å². The van der Waals surface area contributed by atoms with Crippen molar-refractivity contribution in [1.29, 1.82) is 0 Å². The predicted octanol–water partition coefficient (Wildman–Crippen LogP) is 4.01. The van der Waals surface area contributed by atoms with Gasteiger partial charge in [0.15, 0.2) is 0 Å². The average Bonchev–Trinajstić information content (AvgIpc) is 2.35. The van der Waals surface area contributed by atoms with E-state index in [2.05, 4.69) is 47.6 Å². The normalized spacial score (nSPS) is 15.0. The van der Waals surface area contributed by atoms with Gasteiger partial charge in [-0.05, 0) is 28.0 Å². The highest BCUT2D eigenvalue weighted by molar-refractivity contribution is 5.50. The fourth-order valence-corrected chi connectivity index (χ4v) is 2.42. The quantitative estimate of drug-likeness (QED) is 0.790. The zero-order valence-electron chi connectivity index (χ0n) is 15.4. The first-order chi connectivity index (χ1) is 9.71. The molecule has 0 saturated heterocycles. The molecule has 22 heavy (non-hydrogen) atoms. The molecule has 0 unspecified atom stereocenters. The molecule has 0 aromatic heterocycles. The number of hydrogen-bond donors (Lipinski definition) is 3. The Morgan fingerprint density at radius 1 is 0.955 bits per heavy atom. The van der Waals surface area contributed by atoms with Crippen molar-refractivity contribution in [3.05, 3.63) is 28.8 Å². The molecular weight excluding hydrogens is 274 g/mol. The van der Waals surface area contributed by atoms with Crippen molar-refractivity contribution in [2.45, 2.75) is 72.3 Å². The largest absolute Gasteiger partial charge is 0.507 e. The molecule has 0 amide bonds. The summed E-state index contributed by atoms with van der Waals surface area (Å²) in [6.07, 6.45) is 0. The predicted molar refractivity (Wildman–Crippen MR) is 93.3 cm³/mol. The summed E-state index contributed by atoms with van der Waals surface area (Å²) in [5.41, 5.74) is 8.45. The van der Waals surface area contributed by atoms with Crippen molar-refractivity contribution in [2.75, 3.05) is 6.61 Å². The Morgan fingerprint density at radius 2 is 1.45 bits per heavy atom. The molecule has 1 aromatic carbocycles. The van der Waals surface area contributed by atoms with Crippen LogP contribution in [0.2, 0.25) is 0 Å². The molecule has 4 N–H and O–H groups in total. The Hall–Kier alpha value is -1.06. The van der Waals surface area contributed by atoms with E-state index in [9.17, 15) is 10.2 Å². The third-order valence-corrected chi connectivity index (χ3v) is 4.40. The lowest BCUT2D eigenvalue weighted by molar-refractivity contribution is 0.131. The minimum Gasteiger partial charge on any atom is -0.507 e. The molecule has 0 heterocycles. The fraction of sp³-hybridized carbons (Fsp3) is 0.684. The SMILES string of the molecule is CC(C)(C)c1cc([C@H](N)C(C)(C)CO)c(O)c(C(C)(C)C)c1. The van der Waals surface area contributed by atoms with Gasteiger partial charge in [0.1, 0.15) is 5.75 Å². The molecule has 0 radical (unpaired) electrons. The van der Waals surface area contributed by atoms with Crippen LogP contribution in [0.25, 0.3) is 0 Å². The van der Waals surface area contributed by atoms with Crippen molar-refractivity contribution >= 4 is 0 Å². The summed E-state index contributed by atoms with van der Waals surface area (Å²) in [6.45, 7) is 16.5. The van der Waals surface area contributed by atoms with Gasteiger partial charge >= 0.3 is 0 Å². The van der Waals surface area contributed by atoms with Gasteiger partial charge in [0, 0.05) is 23.6 Å². The van der Waals surface area contributed by atoms with Crippen LogP contribution in [-0.4, -0.2) is 16.8 Å². The minimum absolute atomic E-state index is 0.0296. The molecule has 0 bridgehead atoms. The van der Waals surface area contributed by atoms with E-state index in [4.69, 9.17) is 5.73 Å². The maximum Gasteiger partial charge on any atom is 0.124 e. The summed E-state index contributed by atoms with van der Waals surface area (Å²) in [7, 11) is 0. The van der Waals surface area contributed by atoms with E-state index in [1.165, 1.54) is 0 Å². The Morgan fingerprint density at radius 3 is 1.82 bits per heavy atom. The first kappa shape index (κ1) is 19.0. The van der Waals surface area contributed by atoms with Crippen LogP contribution < -0.4 is 5.73 Å². The summed E-state index contributed by atoms with van der Waals surface area (Å²) in [5.74, 6) is 0.259. The molecule has 1 aromatic rings. The highest BCUT2D eigenvalue weighted by Gasteiger charge is 2.33. The smallest absolute Gasteiger partial charge is 0.124 e. The van der Waals surface area contributed by atoms with Gasteiger partial charge in [0.25, 0.3) is 0 Å². The zero-order chi connectivity index (χ0) is 17.5. The fourth-order valence-electron chi connectivity index (χ4n) is 2.42. The van der Waals surface area contributed by atoms with Crippen molar-refractivity contribution in [3.63, 3.8) is 0 Å². The molecular formula is C19H33NO2. The van der Waals surface area contributed by atoms with Gasteiger partial charge in [-0.15, -0.1) is 0 Å². The number of aromatic hydroxyl groups is 1. The second kappa shape index (κ2) is 5.86. The Kier molecular flexibility index (Phi) is 5.06. The lowest BCUT2D eigenvalue weighted by atomic mass is 9.74. The van der Waals surface area contributed by atoms with Crippen molar-refractivity contribution in [1.82, 2.24) is 0 Å². The molecule has 126 valence electrons. The van der Waals surface area contributed by atoms with Crippen molar-refractivity contribution < 1.29 is 10.2 Å². The molecule has 3 nitrogen and oxygen atoms in total. The number of aliphatic hydroxyl groups is 1. The summed E-state index contributed by atoms with van der Waals surface area (Å²) in [4.78, 5) is 0. The van der Waals surface area contributed by atoms with E-state index in [0.717, 1.165) is 16.7 Å². The number of nitrogens with two attached hydrogens (primary N) is 1. The van der Waals surface area contributed by atoms with E-state index in [0.29, 0.717) is 0 Å². The highest BCUT2D eigenvalue weighted by Crippen LogP contribution is 2.43. The lowest BCUT2D eigenvalue weighted by Gasteiger charge is -2.34. The first-order valence-electron chi connectivity index (χ1n) is 7.96.